The van der Waals surface area contributed by atoms with Gasteiger partial charge in [-0.3, -0.25) is 0 Å². The van der Waals surface area contributed by atoms with Gasteiger partial charge in [-0.15, -0.1) is 0 Å². The van der Waals surface area contributed by atoms with Crippen LogP contribution < -0.4 is 0 Å². The summed E-state index contributed by atoms with van der Waals surface area (Å²) in [6.07, 6.45) is 6.55. The average molecular weight is 290 g/mol. The molecule has 2 atom stereocenters. The van der Waals surface area contributed by atoms with E-state index in [1.54, 1.807) is 7.11 Å². The molecule has 0 saturated heterocycles. The molecule has 21 heavy (non-hydrogen) atoms. The molecule has 0 bridgehead atoms. The van der Waals surface area contributed by atoms with E-state index in [9.17, 15) is 5.11 Å². The summed E-state index contributed by atoms with van der Waals surface area (Å²) in [4.78, 5) is 0. The standard InChI is InChI=1S/C19H30O2/c1-14(2)16-11-9-15(10-12-16)13-18(20)19(21-3)17-7-5-4-6-8-17/h9-12,14,17-20H,4-8,13H2,1-3H3. The van der Waals surface area contributed by atoms with Crippen LogP contribution in [0, 0.1) is 5.92 Å². The second kappa shape index (κ2) is 7.95. The maximum Gasteiger partial charge on any atom is 0.0861 e. The first-order chi connectivity index (χ1) is 10.1. The highest BCUT2D eigenvalue weighted by atomic mass is 16.5. The van der Waals surface area contributed by atoms with Crippen molar-refractivity contribution in [3.8, 4) is 0 Å². The molecular formula is C19H30O2. The summed E-state index contributed by atoms with van der Waals surface area (Å²) in [6, 6.07) is 8.64. The molecule has 1 aromatic rings. The summed E-state index contributed by atoms with van der Waals surface area (Å²) in [5, 5.41) is 10.6. The smallest absolute Gasteiger partial charge is 0.0861 e. The van der Waals surface area contributed by atoms with Crippen molar-refractivity contribution in [1.82, 2.24) is 0 Å². The average Bonchev–Trinajstić information content (AvgIpc) is 2.49. The Bertz CT molecular complexity index is 404. The molecule has 1 aliphatic rings. The molecule has 1 saturated carbocycles. The van der Waals surface area contributed by atoms with Gasteiger partial charge in [0.2, 0.25) is 0 Å². The van der Waals surface area contributed by atoms with Crippen molar-refractivity contribution in [3.05, 3.63) is 35.4 Å². The number of methoxy groups -OCH3 is 1. The zero-order chi connectivity index (χ0) is 15.2. The van der Waals surface area contributed by atoms with Crippen LogP contribution in [-0.2, 0) is 11.2 Å². The van der Waals surface area contributed by atoms with Crippen LogP contribution in [0.2, 0.25) is 0 Å². The fraction of sp³-hybridized carbons (Fsp3) is 0.684. The van der Waals surface area contributed by atoms with Gasteiger partial charge in [0, 0.05) is 13.5 Å². The van der Waals surface area contributed by atoms with Gasteiger partial charge in [-0.25, -0.2) is 0 Å². The van der Waals surface area contributed by atoms with Gasteiger partial charge in [0.05, 0.1) is 12.2 Å². The Morgan fingerprint density at radius 3 is 2.24 bits per heavy atom. The lowest BCUT2D eigenvalue weighted by Crippen LogP contribution is -2.37. The first-order valence-electron chi connectivity index (χ1n) is 8.41. The highest BCUT2D eigenvalue weighted by Crippen LogP contribution is 2.30. The van der Waals surface area contributed by atoms with E-state index in [1.807, 2.05) is 0 Å². The zero-order valence-electron chi connectivity index (χ0n) is 13.7. The Hall–Kier alpha value is -0.860. The lowest BCUT2D eigenvalue weighted by atomic mass is 9.82. The van der Waals surface area contributed by atoms with E-state index < -0.39 is 6.10 Å². The fourth-order valence-corrected chi connectivity index (χ4v) is 3.52. The third-order valence-electron chi connectivity index (χ3n) is 4.86. The third-order valence-corrected chi connectivity index (χ3v) is 4.86. The number of hydrogen-bond donors (Lipinski definition) is 1. The molecule has 0 heterocycles. The van der Waals surface area contributed by atoms with Crippen molar-refractivity contribution in [2.75, 3.05) is 7.11 Å². The molecule has 1 N–H and O–H groups in total. The van der Waals surface area contributed by atoms with Gasteiger partial charge in [0.25, 0.3) is 0 Å². The maximum absolute atomic E-state index is 10.6. The summed E-state index contributed by atoms with van der Waals surface area (Å²) in [5.41, 5.74) is 2.55. The second-order valence-electron chi connectivity index (χ2n) is 6.77. The van der Waals surface area contributed by atoms with Crippen molar-refractivity contribution in [2.45, 2.75) is 70.5 Å². The molecule has 2 rings (SSSR count). The Morgan fingerprint density at radius 1 is 1.10 bits per heavy atom. The van der Waals surface area contributed by atoms with E-state index in [4.69, 9.17) is 4.74 Å². The van der Waals surface area contributed by atoms with E-state index in [0.29, 0.717) is 18.3 Å². The molecule has 2 unspecified atom stereocenters. The minimum atomic E-state index is -0.400. The van der Waals surface area contributed by atoms with Crippen molar-refractivity contribution in [1.29, 1.82) is 0 Å². The van der Waals surface area contributed by atoms with Gasteiger partial charge in [0.15, 0.2) is 0 Å². The highest BCUT2D eigenvalue weighted by Gasteiger charge is 2.29. The van der Waals surface area contributed by atoms with E-state index in [-0.39, 0.29) is 6.10 Å². The van der Waals surface area contributed by atoms with E-state index in [1.165, 1.54) is 43.2 Å². The number of benzene rings is 1. The Morgan fingerprint density at radius 2 is 1.71 bits per heavy atom. The first-order valence-corrected chi connectivity index (χ1v) is 8.41. The molecular weight excluding hydrogens is 260 g/mol. The molecule has 1 fully saturated rings. The van der Waals surface area contributed by atoms with Crippen LogP contribution in [0.25, 0.3) is 0 Å². The van der Waals surface area contributed by atoms with Gasteiger partial charge in [-0.2, -0.15) is 0 Å². The van der Waals surface area contributed by atoms with Gasteiger partial charge >= 0.3 is 0 Å². The lowest BCUT2D eigenvalue weighted by molar-refractivity contribution is -0.0535. The topological polar surface area (TPSA) is 29.5 Å². The Labute approximate surface area is 129 Å². The molecule has 0 amide bonds. The van der Waals surface area contributed by atoms with Crippen LogP contribution >= 0.6 is 0 Å². The summed E-state index contributed by atoms with van der Waals surface area (Å²) < 4.78 is 5.64. The summed E-state index contributed by atoms with van der Waals surface area (Å²) in [5.74, 6) is 1.08. The van der Waals surface area contributed by atoms with Crippen LogP contribution in [0.3, 0.4) is 0 Å². The number of aliphatic hydroxyl groups is 1. The second-order valence-corrected chi connectivity index (χ2v) is 6.77. The van der Waals surface area contributed by atoms with Gasteiger partial charge < -0.3 is 9.84 Å². The van der Waals surface area contributed by atoms with E-state index >= 15 is 0 Å². The Balaban J connectivity index is 1.96. The molecule has 1 aliphatic carbocycles. The third kappa shape index (κ3) is 4.55. The molecule has 2 heteroatoms. The van der Waals surface area contributed by atoms with E-state index in [2.05, 4.69) is 38.1 Å². The van der Waals surface area contributed by atoms with Gasteiger partial charge in [-0.05, 0) is 35.8 Å². The largest absolute Gasteiger partial charge is 0.390 e. The SMILES string of the molecule is COC(C(O)Cc1ccc(C(C)C)cc1)C1CCCCC1. The van der Waals surface area contributed by atoms with Crippen LogP contribution in [0.4, 0.5) is 0 Å². The van der Waals surface area contributed by atoms with Crippen LogP contribution in [0.15, 0.2) is 24.3 Å². The number of ether oxygens (including phenoxy) is 1. The lowest BCUT2D eigenvalue weighted by Gasteiger charge is -2.32. The number of rotatable bonds is 6. The highest BCUT2D eigenvalue weighted by molar-refractivity contribution is 5.25. The van der Waals surface area contributed by atoms with Gasteiger partial charge in [0.1, 0.15) is 0 Å². The molecule has 1 aromatic carbocycles. The number of hydrogen-bond acceptors (Lipinski definition) is 2. The van der Waals surface area contributed by atoms with Crippen molar-refractivity contribution in [3.63, 3.8) is 0 Å². The fourth-order valence-electron chi connectivity index (χ4n) is 3.52. The Kier molecular flexibility index (Phi) is 6.25. The monoisotopic (exact) mass is 290 g/mol. The molecule has 0 aliphatic heterocycles. The molecule has 0 radical (unpaired) electrons. The first kappa shape index (κ1) is 16.5. The molecule has 2 nitrogen and oxygen atoms in total. The van der Waals surface area contributed by atoms with Crippen molar-refractivity contribution >= 4 is 0 Å². The minimum Gasteiger partial charge on any atom is -0.390 e. The predicted octanol–water partition coefficient (Wildman–Crippen LogP) is 4.31. The van der Waals surface area contributed by atoms with Crippen LogP contribution in [0.5, 0.6) is 0 Å². The predicted molar refractivity (Wildman–Crippen MR) is 87.6 cm³/mol. The molecule has 0 aromatic heterocycles. The quantitative estimate of drug-likeness (QED) is 0.846. The van der Waals surface area contributed by atoms with Crippen LogP contribution in [-0.4, -0.2) is 24.4 Å². The zero-order valence-corrected chi connectivity index (χ0v) is 13.7. The normalized spacial score (nSPS) is 19.7. The van der Waals surface area contributed by atoms with Crippen LogP contribution in [0.1, 0.15) is 63.0 Å². The minimum absolute atomic E-state index is 0.0184. The van der Waals surface area contributed by atoms with Crippen molar-refractivity contribution < 1.29 is 9.84 Å². The van der Waals surface area contributed by atoms with Gasteiger partial charge in [-0.1, -0.05) is 57.4 Å². The summed E-state index contributed by atoms with van der Waals surface area (Å²) in [7, 11) is 1.74. The number of aliphatic hydroxyl groups excluding tert-OH is 1. The maximum atomic E-state index is 10.6. The summed E-state index contributed by atoms with van der Waals surface area (Å²) >= 11 is 0. The van der Waals surface area contributed by atoms with E-state index in [0.717, 1.165) is 0 Å². The molecule has 118 valence electrons. The molecule has 0 spiro atoms. The summed E-state index contributed by atoms with van der Waals surface area (Å²) in [6.45, 7) is 4.40. The van der Waals surface area contributed by atoms with Crippen molar-refractivity contribution in [2.24, 2.45) is 5.92 Å².